The minimum Gasteiger partial charge on any atom is -0.494 e. The highest BCUT2D eigenvalue weighted by Crippen LogP contribution is 2.28. The Kier molecular flexibility index (Phi) is 5.40. The Bertz CT molecular complexity index is 994. The average Bonchev–Trinajstić information content (AvgIpc) is 3.10. The molecule has 1 aromatic carbocycles. The van der Waals surface area contributed by atoms with E-state index in [0.717, 1.165) is 28.4 Å². The number of carbonyl (C=O) groups excluding carboxylic acids is 2. The van der Waals surface area contributed by atoms with E-state index in [1.807, 2.05) is 51.1 Å². The summed E-state index contributed by atoms with van der Waals surface area (Å²) in [6.07, 6.45) is 1.74. The molecule has 1 N–H and O–H groups in total. The molecule has 0 saturated carbocycles. The molecule has 146 valence electrons. The van der Waals surface area contributed by atoms with Crippen molar-refractivity contribution in [2.24, 2.45) is 0 Å². The molecular weight excluding hydrogens is 356 g/mol. The molecule has 6 nitrogen and oxygen atoms in total. The summed E-state index contributed by atoms with van der Waals surface area (Å²) in [5, 5.41) is 2.69. The highest BCUT2D eigenvalue weighted by atomic mass is 16.5. The maximum Gasteiger partial charge on any atom is 0.340 e. The summed E-state index contributed by atoms with van der Waals surface area (Å²) < 4.78 is 12.4. The molecule has 0 atom stereocenters. The lowest BCUT2D eigenvalue weighted by atomic mass is 10.0. The average molecular weight is 380 g/mol. The minimum absolute atomic E-state index is 0.276. The van der Waals surface area contributed by atoms with Crippen LogP contribution >= 0.6 is 0 Å². The van der Waals surface area contributed by atoms with Crippen LogP contribution in [0.4, 0.5) is 0 Å². The van der Waals surface area contributed by atoms with E-state index in [4.69, 9.17) is 9.47 Å². The van der Waals surface area contributed by atoms with Crippen molar-refractivity contribution in [3.63, 3.8) is 0 Å². The molecule has 0 fully saturated rings. The smallest absolute Gasteiger partial charge is 0.340 e. The first-order valence-electron chi connectivity index (χ1n) is 9.12. The standard InChI is InChI=1S/C22H24N2O4/c1-6-28-18-9-7-17(8-10-18)24-13(2)11-16(15(24)4)12-19-20(22(26)27-5)14(3)23-21(19)25/h7-12H,6H2,1-5H3,(H,23,25)/b19-12-. The van der Waals surface area contributed by atoms with Crippen LogP contribution in [0.15, 0.2) is 47.2 Å². The number of nitrogens with one attached hydrogen (secondary N) is 1. The number of rotatable bonds is 5. The molecule has 3 rings (SSSR count). The van der Waals surface area contributed by atoms with Crippen LogP contribution in [0.25, 0.3) is 11.8 Å². The Balaban J connectivity index is 2.03. The normalized spacial score (nSPS) is 15.2. The van der Waals surface area contributed by atoms with Gasteiger partial charge >= 0.3 is 5.97 Å². The van der Waals surface area contributed by atoms with Gasteiger partial charge in [-0.15, -0.1) is 0 Å². The summed E-state index contributed by atoms with van der Waals surface area (Å²) in [6, 6.07) is 9.85. The van der Waals surface area contributed by atoms with Gasteiger partial charge in [0.25, 0.3) is 5.91 Å². The fraction of sp³-hybridized carbons (Fsp3) is 0.273. The van der Waals surface area contributed by atoms with E-state index < -0.39 is 5.97 Å². The fourth-order valence-electron chi connectivity index (χ4n) is 3.46. The molecule has 1 aliphatic rings. The van der Waals surface area contributed by atoms with Gasteiger partial charge in [0.05, 0.1) is 24.9 Å². The topological polar surface area (TPSA) is 69.6 Å². The lowest BCUT2D eigenvalue weighted by Crippen LogP contribution is -2.15. The number of ether oxygens (including phenoxy) is 2. The van der Waals surface area contributed by atoms with Crippen LogP contribution in [0.1, 0.15) is 30.8 Å². The summed E-state index contributed by atoms with van der Waals surface area (Å²) in [5.41, 5.74) is 4.95. The van der Waals surface area contributed by atoms with E-state index in [0.29, 0.717) is 17.9 Å². The second-order valence-electron chi connectivity index (χ2n) is 6.59. The van der Waals surface area contributed by atoms with Crippen molar-refractivity contribution >= 4 is 18.0 Å². The van der Waals surface area contributed by atoms with Crippen molar-refractivity contribution in [2.75, 3.05) is 13.7 Å². The van der Waals surface area contributed by atoms with Crippen molar-refractivity contribution < 1.29 is 19.1 Å². The number of carbonyl (C=O) groups is 2. The van der Waals surface area contributed by atoms with E-state index in [-0.39, 0.29) is 11.5 Å². The molecule has 0 spiro atoms. The summed E-state index contributed by atoms with van der Waals surface area (Å²) in [4.78, 5) is 24.4. The van der Waals surface area contributed by atoms with Crippen LogP contribution in [0, 0.1) is 13.8 Å². The predicted molar refractivity (Wildman–Crippen MR) is 107 cm³/mol. The Morgan fingerprint density at radius 3 is 2.46 bits per heavy atom. The first kappa shape index (κ1) is 19.5. The molecule has 2 heterocycles. The summed E-state index contributed by atoms with van der Waals surface area (Å²) >= 11 is 0. The lowest BCUT2D eigenvalue weighted by molar-refractivity contribution is -0.136. The summed E-state index contributed by atoms with van der Waals surface area (Å²) in [5.74, 6) is -0.00629. The second-order valence-corrected chi connectivity index (χ2v) is 6.59. The summed E-state index contributed by atoms with van der Waals surface area (Å²) in [7, 11) is 1.31. The molecular formula is C22H24N2O4. The Hall–Kier alpha value is -3.28. The molecule has 1 aromatic heterocycles. The second kappa shape index (κ2) is 7.76. The molecule has 0 unspecified atom stereocenters. The van der Waals surface area contributed by atoms with E-state index in [9.17, 15) is 9.59 Å². The predicted octanol–water partition coefficient (Wildman–Crippen LogP) is 3.45. The van der Waals surface area contributed by atoms with Crippen molar-refractivity contribution in [2.45, 2.75) is 27.7 Å². The molecule has 28 heavy (non-hydrogen) atoms. The molecule has 0 aliphatic carbocycles. The SMILES string of the molecule is CCOc1ccc(-n2c(C)cc(/C=C3\C(=O)NC(C)=C3C(=O)OC)c2C)cc1. The maximum atomic E-state index is 12.3. The van der Waals surface area contributed by atoms with Gasteiger partial charge in [-0.3, -0.25) is 4.79 Å². The molecule has 0 saturated heterocycles. The van der Waals surface area contributed by atoms with Crippen molar-refractivity contribution in [3.8, 4) is 11.4 Å². The molecule has 0 radical (unpaired) electrons. The van der Waals surface area contributed by atoms with E-state index >= 15 is 0 Å². The molecule has 6 heteroatoms. The molecule has 0 bridgehead atoms. The fourth-order valence-corrected chi connectivity index (χ4v) is 3.46. The van der Waals surface area contributed by atoms with Crippen LogP contribution in [0.3, 0.4) is 0 Å². The zero-order chi connectivity index (χ0) is 20.4. The number of amides is 1. The number of aromatic nitrogens is 1. The van der Waals surface area contributed by atoms with Gasteiger partial charge in [-0.05, 0) is 69.7 Å². The number of hydrogen-bond acceptors (Lipinski definition) is 4. The third kappa shape index (κ3) is 3.45. The number of aryl methyl sites for hydroxylation is 1. The van der Waals surface area contributed by atoms with E-state index in [2.05, 4.69) is 9.88 Å². The van der Waals surface area contributed by atoms with Gasteiger partial charge in [0.15, 0.2) is 0 Å². The number of esters is 1. The largest absolute Gasteiger partial charge is 0.494 e. The van der Waals surface area contributed by atoms with Crippen LogP contribution in [-0.2, 0) is 14.3 Å². The van der Waals surface area contributed by atoms with Gasteiger partial charge in [-0.2, -0.15) is 0 Å². The zero-order valence-electron chi connectivity index (χ0n) is 16.8. The highest BCUT2D eigenvalue weighted by molar-refractivity contribution is 6.16. The first-order valence-corrected chi connectivity index (χ1v) is 9.12. The van der Waals surface area contributed by atoms with Crippen molar-refractivity contribution in [1.29, 1.82) is 0 Å². The number of benzene rings is 1. The Morgan fingerprint density at radius 2 is 1.86 bits per heavy atom. The van der Waals surface area contributed by atoms with Crippen LogP contribution < -0.4 is 10.1 Å². The molecule has 2 aromatic rings. The summed E-state index contributed by atoms with van der Waals surface area (Å²) in [6.45, 7) is 8.25. The van der Waals surface area contributed by atoms with Gasteiger partial charge in [-0.25, -0.2) is 4.79 Å². The maximum absolute atomic E-state index is 12.3. The minimum atomic E-state index is -0.526. The van der Waals surface area contributed by atoms with Gasteiger partial charge in [0.1, 0.15) is 5.75 Å². The molecule has 1 aliphatic heterocycles. The monoisotopic (exact) mass is 380 g/mol. The molecule has 1 amide bonds. The van der Waals surface area contributed by atoms with Gasteiger partial charge in [0, 0.05) is 22.8 Å². The quantitative estimate of drug-likeness (QED) is 0.637. The lowest BCUT2D eigenvalue weighted by Gasteiger charge is -2.11. The van der Waals surface area contributed by atoms with Crippen molar-refractivity contribution in [3.05, 3.63) is 64.1 Å². The van der Waals surface area contributed by atoms with Crippen LogP contribution in [0.2, 0.25) is 0 Å². The highest BCUT2D eigenvalue weighted by Gasteiger charge is 2.31. The third-order valence-electron chi connectivity index (χ3n) is 4.76. The van der Waals surface area contributed by atoms with Crippen molar-refractivity contribution in [1.82, 2.24) is 9.88 Å². The zero-order valence-corrected chi connectivity index (χ0v) is 16.8. The Labute approximate surface area is 164 Å². The number of nitrogens with zero attached hydrogens (tertiary/aromatic N) is 1. The number of methoxy groups -OCH3 is 1. The van der Waals surface area contributed by atoms with Crippen LogP contribution in [0.5, 0.6) is 5.75 Å². The van der Waals surface area contributed by atoms with Gasteiger partial charge < -0.3 is 19.4 Å². The number of hydrogen-bond donors (Lipinski definition) is 1. The third-order valence-corrected chi connectivity index (χ3v) is 4.76. The van der Waals surface area contributed by atoms with Gasteiger partial charge in [0.2, 0.25) is 0 Å². The Morgan fingerprint density at radius 1 is 1.18 bits per heavy atom. The first-order chi connectivity index (χ1) is 13.4. The van der Waals surface area contributed by atoms with Gasteiger partial charge in [-0.1, -0.05) is 0 Å². The van der Waals surface area contributed by atoms with Crippen LogP contribution in [-0.4, -0.2) is 30.2 Å². The van der Waals surface area contributed by atoms with E-state index in [1.165, 1.54) is 7.11 Å². The number of allylic oxidation sites excluding steroid dienone is 1. The van der Waals surface area contributed by atoms with E-state index in [1.54, 1.807) is 13.0 Å².